The van der Waals surface area contributed by atoms with Gasteiger partial charge in [-0.2, -0.15) is 0 Å². The average molecular weight is 484 g/mol. The molecule has 5 rings (SSSR count). The zero-order valence-electron chi connectivity index (χ0n) is 20.5. The number of nitrogens with zero attached hydrogens (tertiary/aromatic N) is 1. The van der Waals surface area contributed by atoms with Gasteiger partial charge in [0.15, 0.2) is 11.5 Å². The van der Waals surface area contributed by atoms with E-state index in [-0.39, 0.29) is 11.8 Å². The predicted molar refractivity (Wildman–Crippen MR) is 141 cm³/mol. The minimum Gasteiger partial charge on any atom is -0.493 e. The molecule has 0 radical (unpaired) electrons. The van der Waals surface area contributed by atoms with Crippen LogP contribution >= 0.6 is 0 Å². The molecule has 0 spiro atoms. The Kier molecular flexibility index (Phi) is 6.62. The van der Waals surface area contributed by atoms with E-state index < -0.39 is 0 Å². The van der Waals surface area contributed by atoms with Gasteiger partial charge in [-0.25, -0.2) is 0 Å². The molecule has 0 saturated carbocycles. The van der Waals surface area contributed by atoms with Gasteiger partial charge in [-0.05, 0) is 55.2 Å². The topological polar surface area (TPSA) is 79.9 Å². The van der Waals surface area contributed by atoms with Gasteiger partial charge in [-0.3, -0.25) is 9.59 Å². The van der Waals surface area contributed by atoms with Crippen molar-refractivity contribution >= 4 is 34.5 Å². The smallest absolute Gasteiger partial charge is 0.258 e. The van der Waals surface area contributed by atoms with E-state index in [0.29, 0.717) is 34.0 Å². The fourth-order valence-electron chi connectivity index (χ4n) is 4.75. The number of nitrogens with one attached hydrogen (secondary N) is 2. The van der Waals surface area contributed by atoms with Crippen LogP contribution in [0.1, 0.15) is 40.7 Å². The van der Waals surface area contributed by atoms with Gasteiger partial charge in [0.05, 0.1) is 31.2 Å². The minimum atomic E-state index is -0.219. The summed E-state index contributed by atoms with van der Waals surface area (Å²) in [6.45, 7) is 1.62. The molecular formula is C29H29N3O4. The molecule has 1 saturated heterocycles. The van der Waals surface area contributed by atoms with Crippen molar-refractivity contribution in [2.24, 2.45) is 0 Å². The maximum atomic E-state index is 13.2. The van der Waals surface area contributed by atoms with Gasteiger partial charge in [0.1, 0.15) is 0 Å². The number of benzene rings is 3. The number of hydrogen-bond acceptors (Lipinski definition) is 5. The van der Waals surface area contributed by atoms with Crippen molar-refractivity contribution in [3.8, 4) is 11.5 Å². The summed E-state index contributed by atoms with van der Waals surface area (Å²) in [6, 6.07) is 20.7. The number of amides is 2. The van der Waals surface area contributed by atoms with E-state index in [2.05, 4.69) is 10.6 Å². The number of anilines is 2. The van der Waals surface area contributed by atoms with Crippen molar-refractivity contribution in [2.75, 3.05) is 37.9 Å². The Hall–Kier alpha value is -4.26. The number of carbonyl (C=O) groups excluding carboxylic acids is 2. The van der Waals surface area contributed by atoms with Crippen molar-refractivity contribution in [1.82, 2.24) is 4.90 Å². The summed E-state index contributed by atoms with van der Waals surface area (Å²) in [5.74, 6) is 0.927. The molecule has 2 aliphatic rings. The molecule has 2 amide bonds. The van der Waals surface area contributed by atoms with Crippen molar-refractivity contribution < 1.29 is 19.1 Å². The molecule has 7 nitrogen and oxygen atoms in total. The Labute approximate surface area is 210 Å². The van der Waals surface area contributed by atoms with Gasteiger partial charge in [0.25, 0.3) is 11.8 Å². The zero-order valence-corrected chi connectivity index (χ0v) is 20.5. The fraction of sp³-hybridized carbons (Fsp3) is 0.241. The molecule has 0 aromatic heterocycles. The third-order valence-electron chi connectivity index (χ3n) is 6.63. The van der Waals surface area contributed by atoms with Crippen molar-refractivity contribution in [1.29, 1.82) is 0 Å². The highest BCUT2D eigenvalue weighted by Gasteiger charge is 2.30. The lowest BCUT2D eigenvalue weighted by atomic mass is 9.99. The largest absolute Gasteiger partial charge is 0.493 e. The first-order valence-electron chi connectivity index (χ1n) is 12.1. The number of likely N-dealkylation sites (tertiary alicyclic amines) is 1. The molecule has 2 N–H and O–H groups in total. The van der Waals surface area contributed by atoms with Crippen molar-refractivity contribution in [3.63, 3.8) is 0 Å². The van der Waals surface area contributed by atoms with Gasteiger partial charge in [0, 0.05) is 36.0 Å². The second kappa shape index (κ2) is 10.2. The third-order valence-corrected chi connectivity index (χ3v) is 6.63. The van der Waals surface area contributed by atoms with E-state index in [1.54, 1.807) is 20.3 Å². The monoisotopic (exact) mass is 483 g/mol. The highest BCUT2D eigenvalue weighted by molar-refractivity contribution is 6.37. The first-order chi connectivity index (χ1) is 17.6. The first kappa shape index (κ1) is 23.5. The normalized spacial score (nSPS) is 16.2. The summed E-state index contributed by atoms with van der Waals surface area (Å²) in [6.07, 6.45) is 3.29. The highest BCUT2D eigenvalue weighted by atomic mass is 16.5. The average Bonchev–Trinajstić information content (AvgIpc) is 3.26. The molecule has 3 aromatic carbocycles. The zero-order chi connectivity index (χ0) is 25.1. The summed E-state index contributed by atoms with van der Waals surface area (Å²) < 4.78 is 10.9. The lowest BCUT2D eigenvalue weighted by Gasteiger charge is -2.26. The molecule has 7 heteroatoms. The lowest BCUT2D eigenvalue weighted by molar-refractivity contribution is -0.110. The van der Waals surface area contributed by atoms with E-state index in [4.69, 9.17) is 9.47 Å². The Morgan fingerprint density at radius 2 is 1.53 bits per heavy atom. The van der Waals surface area contributed by atoms with Crippen molar-refractivity contribution in [2.45, 2.75) is 19.3 Å². The number of fused-ring (bicyclic) bond motifs is 1. The molecule has 184 valence electrons. The summed E-state index contributed by atoms with van der Waals surface area (Å²) in [5, 5.41) is 6.39. The van der Waals surface area contributed by atoms with E-state index in [9.17, 15) is 9.59 Å². The molecule has 1 fully saturated rings. The summed E-state index contributed by atoms with van der Waals surface area (Å²) in [7, 11) is 3.13. The van der Waals surface area contributed by atoms with Crippen LogP contribution in [0.25, 0.3) is 11.3 Å². The third kappa shape index (κ3) is 4.52. The number of ether oxygens (including phenoxy) is 2. The molecule has 0 atom stereocenters. The molecule has 2 heterocycles. The second-order valence-electron chi connectivity index (χ2n) is 8.88. The molecule has 0 bridgehead atoms. The maximum Gasteiger partial charge on any atom is 0.258 e. The molecule has 2 aliphatic heterocycles. The Morgan fingerprint density at radius 1 is 0.861 bits per heavy atom. The van der Waals surface area contributed by atoms with Crippen LogP contribution in [0.15, 0.2) is 66.7 Å². The van der Waals surface area contributed by atoms with E-state index in [1.165, 1.54) is 6.42 Å². The molecule has 0 unspecified atom stereocenters. The number of carbonyl (C=O) groups is 2. The predicted octanol–water partition coefficient (Wildman–Crippen LogP) is 5.26. The first-order valence-corrected chi connectivity index (χ1v) is 12.1. The lowest BCUT2D eigenvalue weighted by Crippen LogP contribution is -2.35. The van der Waals surface area contributed by atoms with E-state index in [1.807, 2.05) is 65.6 Å². The number of hydrogen-bond donors (Lipinski definition) is 2. The quantitative estimate of drug-likeness (QED) is 0.468. The van der Waals surface area contributed by atoms with Crippen LogP contribution < -0.4 is 20.1 Å². The standard InChI is InChI=1S/C29H29N3O4/c1-35-24-17-22-23(18-25(24)36-2)31-28(33)26(22)27(19-9-5-3-6-10-19)30-21-13-11-20(12-14-21)29(34)32-15-7-4-8-16-32/h3,5-6,9-14,17-18,30H,4,7-8,15-16H2,1-2H3,(H,31,33)/b27-26-. The van der Waals surface area contributed by atoms with Crippen LogP contribution in [0.5, 0.6) is 11.5 Å². The van der Waals surface area contributed by atoms with Crippen LogP contribution in [0.2, 0.25) is 0 Å². The number of rotatable bonds is 6. The van der Waals surface area contributed by atoms with E-state index in [0.717, 1.165) is 42.7 Å². The Balaban J connectivity index is 1.53. The Bertz CT molecular complexity index is 1310. The molecule has 36 heavy (non-hydrogen) atoms. The SMILES string of the molecule is COc1cc2c(cc1OC)/C(=C(/Nc1ccc(C(=O)N3CCCCC3)cc1)c1ccccc1)C(=O)N2. The number of methoxy groups -OCH3 is 2. The second-order valence-corrected chi connectivity index (χ2v) is 8.88. The van der Waals surface area contributed by atoms with Gasteiger partial charge >= 0.3 is 0 Å². The van der Waals surface area contributed by atoms with Crippen molar-refractivity contribution in [3.05, 3.63) is 83.4 Å². The summed E-state index contributed by atoms with van der Waals surface area (Å²) in [5.41, 5.74) is 4.85. The summed E-state index contributed by atoms with van der Waals surface area (Å²) >= 11 is 0. The highest BCUT2D eigenvalue weighted by Crippen LogP contribution is 2.43. The molecule has 3 aromatic rings. The summed E-state index contributed by atoms with van der Waals surface area (Å²) in [4.78, 5) is 28.0. The van der Waals surface area contributed by atoms with Gasteiger partial charge in [-0.15, -0.1) is 0 Å². The van der Waals surface area contributed by atoms with Crippen LogP contribution in [-0.2, 0) is 4.79 Å². The van der Waals surface area contributed by atoms with Gasteiger partial charge in [0.2, 0.25) is 0 Å². The molecule has 0 aliphatic carbocycles. The van der Waals surface area contributed by atoms with E-state index >= 15 is 0 Å². The van der Waals surface area contributed by atoms with Gasteiger partial charge in [-0.1, -0.05) is 30.3 Å². The van der Waals surface area contributed by atoms with Gasteiger partial charge < -0.3 is 25.0 Å². The van der Waals surface area contributed by atoms with Crippen LogP contribution in [0, 0.1) is 0 Å². The van der Waals surface area contributed by atoms with Crippen LogP contribution in [-0.4, -0.2) is 44.0 Å². The minimum absolute atomic E-state index is 0.0630. The van der Waals surface area contributed by atoms with Crippen LogP contribution in [0.3, 0.4) is 0 Å². The maximum absolute atomic E-state index is 13.2. The Morgan fingerprint density at radius 3 is 2.19 bits per heavy atom. The number of piperidine rings is 1. The fourth-order valence-corrected chi connectivity index (χ4v) is 4.75. The molecular weight excluding hydrogens is 454 g/mol. The van der Waals surface area contributed by atoms with Crippen LogP contribution in [0.4, 0.5) is 11.4 Å².